The van der Waals surface area contributed by atoms with Crippen molar-refractivity contribution in [2.75, 3.05) is 13.7 Å². The van der Waals surface area contributed by atoms with E-state index in [0.29, 0.717) is 23.4 Å². The lowest BCUT2D eigenvalue weighted by atomic mass is 9.96. The molecule has 0 atom stereocenters. The summed E-state index contributed by atoms with van der Waals surface area (Å²) in [6.07, 6.45) is 0. The molecule has 0 unspecified atom stereocenters. The minimum Gasteiger partial charge on any atom is -0.461 e. The molecule has 6 nitrogen and oxygen atoms in total. The molecule has 0 radical (unpaired) electrons. The maximum absolute atomic E-state index is 13.0. The van der Waals surface area contributed by atoms with Crippen LogP contribution in [0.1, 0.15) is 33.5 Å². The Kier molecular flexibility index (Phi) is 4.55. The third kappa shape index (κ3) is 2.99. The second-order valence-electron chi connectivity index (χ2n) is 7.51. The van der Waals surface area contributed by atoms with Crippen LogP contribution in [0, 0.1) is 0 Å². The average molecular weight is 411 g/mol. The molecule has 0 N–H and O–H groups in total. The van der Waals surface area contributed by atoms with Crippen LogP contribution < -0.4 is 0 Å². The van der Waals surface area contributed by atoms with E-state index in [1.54, 1.807) is 29.6 Å². The first-order valence-corrected chi connectivity index (χ1v) is 10.2. The molecule has 3 aromatic carbocycles. The first-order valence-electron chi connectivity index (χ1n) is 10.2. The van der Waals surface area contributed by atoms with Crippen LogP contribution in [0.2, 0.25) is 0 Å². The molecule has 6 heteroatoms. The SMILES string of the molecule is CCOC(=O)c1nn2c(c1-c1cccc3ccccc13)CN(C)C(=O)c1ccccc1-2. The molecule has 5 rings (SSSR count). The standard InChI is InChI=1S/C25H21N3O3/c1-3-31-25(30)23-22(18-13-8-10-16-9-4-5-11-17(16)18)21-15-27(2)24(29)19-12-6-7-14-20(19)28(21)26-23/h4-14H,3,15H2,1-2H3. The molecular formula is C25H21N3O3. The number of esters is 1. The van der Waals surface area contributed by atoms with E-state index < -0.39 is 5.97 Å². The Morgan fingerprint density at radius 2 is 1.71 bits per heavy atom. The molecule has 1 aromatic heterocycles. The van der Waals surface area contributed by atoms with E-state index >= 15 is 0 Å². The van der Waals surface area contributed by atoms with Crippen molar-refractivity contribution in [3.05, 3.63) is 83.7 Å². The van der Waals surface area contributed by atoms with Gasteiger partial charge in [-0.25, -0.2) is 9.48 Å². The molecule has 2 heterocycles. The first kappa shape index (κ1) is 19.1. The summed E-state index contributed by atoms with van der Waals surface area (Å²) >= 11 is 0. The molecule has 1 aliphatic rings. The molecule has 0 saturated heterocycles. The van der Waals surface area contributed by atoms with Gasteiger partial charge in [0.15, 0.2) is 5.69 Å². The number of hydrogen-bond donors (Lipinski definition) is 0. The Bertz CT molecular complexity index is 1330. The molecule has 0 fully saturated rings. The fourth-order valence-corrected chi connectivity index (χ4v) is 4.21. The van der Waals surface area contributed by atoms with Gasteiger partial charge in [-0.3, -0.25) is 4.79 Å². The normalized spacial score (nSPS) is 13.0. The van der Waals surface area contributed by atoms with Gasteiger partial charge in [0.25, 0.3) is 5.91 Å². The van der Waals surface area contributed by atoms with E-state index in [2.05, 4.69) is 5.10 Å². The van der Waals surface area contributed by atoms with Crippen molar-refractivity contribution in [2.24, 2.45) is 0 Å². The number of para-hydroxylation sites is 1. The number of rotatable bonds is 3. The fourth-order valence-electron chi connectivity index (χ4n) is 4.21. The molecule has 4 aromatic rings. The van der Waals surface area contributed by atoms with Crippen molar-refractivity contribution in [2.45, 2.75) is 13.5 Å². The number of fused-ring (bicyclic) bond motifs is 4. The second-order valence-corrected chi connectivity index (χ2v) is 7.51. The number of ether oxygens (including phenoxy) is 1. The Morgan fingerprint density at radius 3 is 2.55 bits per heavy atom. The zero-order valence-corrected chi connectivity index (χ0v) is 17.3. The number of carbonyl (C=O) groups is 2. The highest BCUT2D eigenvalue weighted by Gasteiger charge is 2.32. The number of amides is 1. The van der Waals surface area contributed by atoms with Gasteiger partial charge in [-0.1, -0.05) is 54.6 Å². The minimum atomic E-state index is -0.475. The molecule has 0 spiro atoms. The van der Waals surface area contributed by atoms with E-state index in [0.717, 1.165) is 22.0 Å². The lowest BCUT2D eigenvalue weighted by Crippen LogP contribution is -2.25. The molecule has 0 bridgehead atoms. The van der Waals surface area contributed by atoms with E-state index in [9.17, 15) is 9.59 Å². The third-order valence-corrected chi connectivity index (χ3v) is 5.61. The summed E-state index contributed by atoms with van der Waals surface area (Å²) in [6.45, 7) is 2.35. The van der Waals surface area contributed by atoms with Gasteiger partial charge in [0.2, 0.25) is 0 Å². The van der Waals surface area contributed by atoms with Gasteiger partial charge in [0.1, 0.15) is 0 Å². The monoisotopic (exact) mass is 411 g/mol. The van der Waals surface area contributed by atoms with E-state index in [4.69, 9.17) is 4.74 Å². The summed E-state index contributed by atoms with van der Waals surface area (Å²) in [7, 11) is 1.76. The molecule has 0 aliphatic carbocycles. The predicted molar refractivity (Wildman–Crippen MR) is 118 cm³/mol. The van der Waals surface area contributed by atoms with Crippen LogP contribution in [0.4, 0.5) is 0 Å². The van der Waals surface area contributed by atoms with Crippen LogP contribution >= 0.6 is 0 Å². The Labute approximate surface area is 179 Å². The predicted octanol–water partition coefficient (Wildman–Crippen LogP) is 4.45. The Morgan fingerprint density at radius 1 is 1.00 bits per heavy atom. The molecular weight excluding hydrogens is 390 g/mol. The fraction of sp³-hybridized carbons (Fsp3) is 0.160. The smallest absolute Gasteiger partial charge is 0.359 e. The highest BCUT2D eigenvalue weighted by atomic mass is 16.5. The van der Waals surface area contributed by atoms with E-state index in [-0.39, 0.29) is 18.2 Å². The maximum atomic E-state index is 13.0. The largest absolute Gasteiger partial charge is 0.461 e. The van der Waals surface area contributed by atoms with Crippen molar-refractivity contribution in [3.8, 4) is 16.8 Å². The van der Waals surface area contributed by atoms with Gasteiger partial charge in [0, 0.05) is 12.6 Å². The molecule has 154 valence electrons. The van der Waals surface area contributed by atoms with Gasteiger partial charge in [-0.15, -0.1) is 0 Å². The van der Waals surface area contributed by atoms with Gasteiger partial charge >= 0.3 is 5.97 Å². The Balaban J connectivity index is 1.87. The van der Waals surface area contributed by atoms with Crippen LogP contribution in [0.25, 0.3) is 27.6 Å². The van der Waals surface area contributed by atoms with Crippen LogP contribution in [-0.2, 0) is 11.3 Å². The van der Waals surface area contributed by atoms with Gasteiger partial charge in [0.05, 0.1) is 30.1 Å². The topological polar surface area (TPSA) is 64.4 Å². The van der Waals surface area contributed by atoms with Crippen molar-refractivity contribution < 1.29 is 14.3 Å². The summed E-state index contributed by atoms with van der Waals surface area (Å²) in [6, 6.07) is 21.4. The Hall–Kier alpha value is -3.93. The molecule has 31 heavy (non-hydrogen) atoms. The van der Waals surface area contributed by atoms with Crippen LogP contribution in [0.3, 0.4) is 0 Å². The van der Waals surface area contributed by atoms with E-state index in [1.807, 2.05) is 60.7 Å². The van der Waals surface area contributed by atoms with E-state index in [1.165, 1.54) is 0 Å². The van der Waals surface area contributed by atoms with Crippen LogP contribution in [0.15, 0.2) is 66.7 Å². The van der Waals surface area contributed by atoms with Crippen LogP contribution in [-0.4, -0.2) is 40.2 Å². The van der Waals surface area contributed by atoms with Crippen LogP contribution in [0.5, 0.6) is 0 Å². The van der Waals surface area contributed by atoms with Crippen molar-refractivity contribution >= 4 is 22.6 Å². The summed E-state index contributed by atoms with van der Waals surface area (Å²) in [4.78, 5) is 27.6. The lowest BCUT2D eigenvalue weighted by molar-refractivity contribution is 0.0519. The van der Waals surface area contributed by atoms with Gasteiger partial charge < -0.3 is 9.64 Å². The highest BCUT2D eigenvalue weighted by Crippen LogP contribution is 2.37. The number of carbonyl (C=O) groups excluding carboxylic acids is 2. The minimum absolute atomic E-state index is 0.0809. The number of benzene rings is 3. The van der Waals surface area contributed by atoms with Crippen molar-refractivity contribution in [1.82, 2.24) is 14.7 Å². The summed E-state index contributed by atoms with van der Waals surface area (Å²) < 4.78 is 7.07. The molecule has 0 saturated carbocycles. The van der Waals surface area contributed by atoms with Gasteiger partial charge in [-0.2, -0.15) is 5.10 Å². The lowest BCUT2D eigenvalue weighted by Gasteiger charge is -2.16. The third-order valence-electron chi connectivity index (χ3n) is 5.61. The second kappa shape index (κ2) is 7.40. The zero-order valence-electron chi connectivity index (χ0n) is 17.3. The summed E-state index contributed by atoms with van der Waals surface area (Å²) in [5.74, 6) is -0.555. The maximum Gasteiger partial charge on any atom is 0.359 e. The quantitative estimate of drug-likeness (QED) is 0.467. The summed E-state index contributed by atoms with van der Waals surface area (Å²) in [5, 5.41) is 6.76. The average Bonchev–Trinajstić information content (AvgIpc) is 3.12. The first-order chi connectivity index (χ1) is 15.1. The number of aromatic nitrogens is 2. The zero-order chi connectivity index (χ0) is 21.5. The molecule has 1 aliphatic heterocycles. The molecule has 1 amide bonds. The highest BCUT2D eigenvalue weighted by molar-refractivity contribution is 6.05. The van der Waals surface area contributed by atoms with Gasteiger partial charge in [-0.05, 0) is 35.4 Å². The van der Waals surface area contributed by atoms with Crippen molar-refractivity contribution in [3.63, 3.8) is 0 Å². The summed E-state index contributed by atoms with van der Waals surface area (Å²) in [5.41, 5.74) is 3.83. The number of nitrogens with zero attached hydrogens (tertiary/aromatic N) is 3. The van der Waals surface area contributed by atoms with Crippen molar-refractivity contribution in [1.29, 1.82) is 0 Å². The number of hydrogen-bond acceptors (Lipinski definition) is 4.